The molecule has 2 aromatic rings. The maximum absolute atomic E-state index is 9.11. The number of hydrogen-bond acceptors (Lipinski definition) is 5. The van der Waals surface area contributed by atoms with Crippen molar-refractivity contribution >= 4 is 16.9 Å². The lowest BCUT2D eigenvalue weighted by Gasteiger charge is -2.07. The van der Waals surface area contributed by atoms with Crippen LogP contribution in [0.1, 0.15) is 6.92 Å². The molecule has 14 heavy (non-hydrogen) atoms. The quantitative estimate of drug-likeness (QED) is 0.645. The van der Waals surface area contributed by atoms with Gasteiger partial charge in [-0.05, 0) is 6.92 Å². The van der Waals surface area contributed by atoms with Gasteiger partial charge in [-0.1, -0.05) is 0 Å². The van der Waals surface area contributed by atoms with Crippen LogP contribution in [0.5, 0.6) is 0 Å². The van der Waals surface area contributed by atoms with Gasteiger partial charge in [-0.3, -0.25) is 5.10 Å². The molecule has 0 amide bonds. The number of hydrogen-bond donors (Lipinski definition) is 3. The van der Waals surface area contributed by atoms with E-state index < -0.39 is 6.10 Å². The number of fused-ring (bicyclic) bond motifs is 1. The summed E-state index contributed by atoms with van der Waals surface area (Å²) in [5, 5.41) is 19.5. The van der Waals surface area contributed by atoms with Gasteiger partial charge in [0.05, 0.1) is 17.7 Å². The third kappa shape index (κ3) is 1.64. The van der Waals surface area contributed by atoms with Crippen molar-refractivity contribution in [1.82, 2.24) is 20.2 Å². The first-order valence-electron chi connectivity index (χ1n) is 4.33. The van der Waals surface area contributed by atoms with E-state index in [1.165, 1.54) is 6.33 Å². The van der Waals surface area contributed by atoms with Crippen molar-refractivity contribution in [3.05, 3.63) is 12.5 Å². The second-order valence-corrected chi connectivity index (χ2v) is 3.08. The Labute approximate surface area is 80.4 Å². The second kappa shape index (κ2) is 3.59. The molecule has 0 aliphatic carbocycles. The fourth-order valence-electron chi connectivity index (χ4n) is 1.15. The molecular weight excluding hydrogens is 182 g/mol. The van der Waals surface area contributed by atoms with Gasteiger partial charge in [0.25, 0.3) is 0 Å². The third-order valence-corrected chi connectivity index (χ3v) is 1.81. The van der Waals surface area contributed by atoms with Crippen molar-refractivity contribution in [2.45, 2.75) is 13.0 Å². The molecule has 0 unspecified atom stereocenters. The van der Waals surface area contributed by atoms with E-state index in [9.17, 15) is 0 Å². The smallest absolute Gasteiger partial charge is 0.160 e. The van der Waals surface area contributed by atoms with Crippen LogP contribution in [0.25, 0.3) is 11.0 Å². The standard InChI is InChI=1S/C8H11N5O/c1-5(14)2-9-7-6-3-12-13-8(6)11-4-10-7/h3-5,14H,2H2,1H3,(H2,9,10,11,12,13)/t5-/m1/s1. The maximum Gasteiger partial charge on any atom is 0.160 e. The van der Waals surface area contributed by atoms with E-state index in [-0.39, 0.29) is 0 Å². The van der Waals surface area contributed by atoms with Crippen LogP contribution in [0.3, 0.4) is 0 Å². The number of aromatic amines is 1. The first-order valence-corrected chi connectivity index (χ1v) is 4.33. The summed E-state index contributed by atoms with van der Waals surface area (Å²) >= 11 is 0. The van der Waals surface area contributed by atoms with Gasteiger partial charge in [-0.25, -0.2) is 9.97 Å². The van der Waals surface area contributed by atoms with E-state index in [1.807, 2.05) is 0 Å². The molecule has 6 heteroatoms. The molecule has 1 atom stereocenters. The summed E-state index contributed by atoms with van der Waals surface area (Å²) < 4.78 is 0. The number of aromatic nitrogens is 4. The van der Waals surface area contributed by atoms with Gasteiger partial charge < -0.3 is 10.4 Å². The van der Waals surface area contributed by atoms with Crippen molar-refractivity contribution in [1.29, 1.82) is 0 Å². The zero-order valence-corrected chi connectivity index (χ0v) is 7.73. The van der Waals surface area contributed by atoms with Crippen molar-refractivity contribution in [3.63, 3.8) is 0 Å². The highest BCUT2D eigenvalue weighted by molar-refractivity contribution is 5.85. The number of nitrogens with zero attached hydrogens (tertiary/aromatic N) is 3. The summed E-state index contributed by atoms with van der Waals surface area (Å²) in [6.07, 6.45) is 2.69. The highest BCUT2D eigenvalue weighted by Gasteiger charge is 2.04. The second-order valence-electron chi connectivity index (χ2n) is 3.08. The van der Waals surface area contributed by atoms with Crippen LogP contribution in [0, 0.1) is 0 Å². The predicted molar refractivity (Wildman–Crippen MR) is 51.9 cm³/mol. The first kappa shape index (κ1) is 8.89. The lowest BCUT2D eigenvalue weighted by molar-refractivity contribution is 0.208. The minimum absolute atomic E-state index is 0.410. The van der Waals surface area contributed by atoms with Gasteiger partial charge in [-0.2, -0.15) is 5.10 Å². The van der Waals surface area contributed by atoms with Crippen molar-refractivity contribution < 1.29 is 5.11 Å². The molecule has 6 nitrogen and oxygen atoms in total. The zero-order valence-electron chi connectivity index (χ0n) is 7.73. The summed E-state index contributed by atoms with van der Waals surface area (Å²) in [4.78, 5) is 8.06. The van der Waals surface area contributed by atoms with Crippen LogP contribution in [-0.4, -0.2) is 37.9 Å². The Bertz CT molecular complexity index is 424. The number of aliphatic hydroxyl groups is 1. The van der Waals surface area contributed by atoms with E-state index >= 15 is 0 Å². The summed E-state index contributed by atoms with van der Waals surface area (Å²) in [6.45, 7) is 2.16. The number of nitrogens with one attached hydrogen (secondary N) is 2. The molecule has 2 heterocycles. The SMILES string of the molecule is C[C@@H](O)CNc1ncnc2[nH]ncc12. The van der Waals surface area contributed by atoms with Gasteiger partial charge >= 0.3 is 0 Å². The van der Waals surface area contributed by atoms with Crippen LogP contribution in [0.4, 0.5) is 5.82 Å². The highest BCUT2D eigenvalue weighted by atomic mass is 16.3. The number of rotatable bonds is 3. The van der Waals surface area contributed by atoms with Crippen LogP contribution in [0.2, 0.25) is 0 Å². The zero-order chi connectivity index (χ0) is 9.97. The van der Waals surface area contributed by atoms with E-state index in [2.05, 4.69) is 25.5 Å². The summed E-state index contributed by atoms with van der Waals surface area (Å²) in [5.41, 5.74) is 0.688. The molecular formula is C8H11N5O. The number of aliphatic hydroxyl groups excluding tert-OH is 1. The minimum atomic E-state index is -0.410. The molecule has 0 aliphatic heterocycles. The molecule has 0 aromatic carbocycles. The summed E-state index contributed by atoms with van der Waals surface area (Å²) in [7, 11) is 0. The molecule has 0 fully saturated rings. The molecule has 0 saturated carbocycles. The van der Waals surface area contributed by atoms with E-state index in [4.69, 9.17) is 5.11 Å². The molecule has 3 N–H and O–H groups in total. The molecule has 74 valence electrons. The molecule has 0 spiro atoms. The minimum Gasteiger partial charge on any atom is -0.392 e. The Kier molecular flexibility index (Phi) is 2.28. The van der Waals surface area contributed by atoms with E-state index in [0.29, 0.717) is 18.0 Å². The molecule has 0 aliphatic rings. The number of H-pyrrole nitrogens is 1. The highest BCUT2D eigenvalue weighted by Crippen LogP contribution is 2.15. The van der Waals surface area contributed by atoms with Crippen molar-refractivity contribution in [2.75, 3.05) is 11.9 Å². The lowest BCUT2D eigenvalue weighted by Crippen LogP contribution is -2.16. The Morgan fingerprint density at radius 1 is 1.57 bits per heavy atom. The van der Waals surface area contributed by atoms with E-state index in [1.54, 1.807) is 13.1 Å². The Hall–Kier alpha value is -1.69. The molecule has 0 saturated heterocycles. The van der Waals surface area contributed by atoms with Gasteiger partial charge in [0.15, 0.2) is 5.65 Å². The normalized spacial score (nSPS) is 13.0. The van der Waals surface area contributed by atoms with Gasteiger partial charge in [0.2, 0.25) is 0 Å². The predicted octanol–water partition coefficient (Wildman–Crippen LogP) is 0.146. The molecule has 0 bridgehead atoms. The van der Waals surface area contributed by atoms with Crippen LogP contribution in [-0.2, 0) is 0 Å². The number of anilines is 1. The lowest BCUT2D eigenvalue weighted by atomic mass is 10.3. The Morgan fingerprint density at radius 2 is 2.43 bits per heavy atom. The fraction of sp³-hybridized carbons (Fsp3) is 0.375. The van der Waals surface area contributed by atoms with Gasteiger partial charge in [0.1, 0.15) is 12.1 Å². The van der Waals surface area contributed by atoms with Crippen LogP contribution < -0.4 is 5.32 Å². The molecule has 2 aromatic heterocycles. The van der Waals surface area contributed by atoms with Gasteiger partial charge in [0, 0.05) is 6.54 Å². The fourth-order valence-corrected chi connectivity index (χ4v) is 1.15. The summed E-state index contributed by atoms with van der Waals surface area (Å²) in [6, 6.07) is 0. The largest absolute Gasteiger partial charge is 0.392 e. The third-order valence-electron chi connectivity index (χ3n) is 1.81. The summed E-state index contributed by atoms with van der Waals surface area (Å²) in [5.74, 6) is 0.685. The molecule has 0 radical (unpaired) electrons. The van der Waals surface area contributed by atoms with Crippen LogP contribution in [0.15, 0.2) is 12.5 Å². The van der Waals surface area contributed by atoms with Gasteiger partial charge in [-0.15, -0.1) is 0 Å². The average molecular weight is 193 g/mol. The van der Waals surface area contributed by atoms with Crippen molar-refractivity contribution in [3.8, 4) is 0 Å². The van der Waals surface area contributed by atoms with E-state index in [0.717, 1.165) is 5.39 Å². The monoisotopic (exact) mass is 193 g/mol. The Balaban J connectivity index is 2.27. The first-order chi connectivity index (χ1) is 6.77. The molecule has 2 rings (SSSR count). The maximum atomic E-state index is 9.11. The van der Waals surface area contributed by atoms with Crippen LogP contribution >= 0.6 is 0 Å². The topological polar surface area (TPSA) is 86.7 Å². The average Bonchev–Trinajstić information content (AvgIpc) is 2.62. The Morgan fingerprint density at radius 3 is 3.21 bits per heavy atom. The van der Waals surface area contributed by atoms with Crippen molar-refractivity contribution in [2.24, 2.45) is 0 Å².